The minimum absolute atomic E-state index is 0.776. The van der Waals surface area contributed by atoms with Gasteiger partial charge in [0, 0.05) is 0 Å². The molecule has 4 bridgehead atoms. The van der Waals surface area contributed by atoms with Gasteiger partial charge in [0.25, 0.3) is 0 Å². The fourth-order valence-electron chi connectivity index (χ4n) is 5.70. The molecule has 0 unspecified atom stereocenters. The summed E-state index contributed by atoms with van der Waals surface area (Å²) in [5.74, 6) is 0. The molecular formula is C42H34N6. The first-order valence-electron chi connectivity index (χ1n) is 16.2. The second kappa shape index (κ2) is 15.0. The molecule has 0 N–H and O–H groups in total. The zero-order valence-electron chi connectivity index (χ0n) is 26.5. The second-order valence-corrected chi connectivity index (χ2v) is 11.5. The third-order valence-electron chi connectivity index (χ3n) is 8.22. The topological polar surface area (TPSA) is 75.2 Å². The molecule has 3 heterocycles. The van der Waals surface area contributed by atoms with Gasteiger partial charge in [-0.1, -0.05) is 84.9 Å². The zero-order valence-corrected chi connectivity index (χ0v) is 26.5. The molecule has 0 amide bonds. The highest BCUT2D eigenvalue weighted by atomic mass is 14.8. The minimum Gasteiger partial charge on any atom is -0.254 e. The standard InChI is InChI=1S/C42H34N6/c1-5-19-39-31(11-1)23-24-32-12-2-6-20-40(32)44-28-37-17-10-18-38(48-37)30-46-42-22-8-4-14-34(42)26-25-33-13-3-7-21-41(33)45-29-36-16-9-15-35(47-36)27-43-39/h1-22,27-30H,23-26H2. The van der Waals surface area contributed by atoms with Crippen LogP contribution in [0.25, 0.3) is 0 Å². The summed E-state index contributed by atoms with van der Waals surface area (Å²) in [5, 5.41) is 0. The average molecular weight is 623 g/mol. The number of pyridine rings is 2. The number of rotatable bonds is 0. The lowest BCUT2D eigenvalue weighted by molar-refractivity contribution is 0.959. The zero-order chi connectivity index (χ0) is 32.4. The number of para-hydroxylation sites is 4. The normalized spacial score (nSPS) is 13.2. The molecule has 232 valence electrons. The molecule has 0 atom stereocenters. The number of aromatic nitrogens is 2. The van der Waals surface area contributed by atoms with Gasteiger partial charge in [-0.05, 0) is 96.5 Å². The Bertz CT molecular complexity index is 1860. The van der Waals surface area contributed by atoms with E-state index in [1.165, 1.54) is 22.3 Å². The van der Waals surface area contributed by atoms with Gasteiger partial charge in [0.1, 0.15) is 0 Å². The summed E-state index contributed by atoms with van der Waals surface area (Å²) >= 11 is 0. The maximum atomic E-state index is 4.85. The van der Waals surface area contributed by atoms with Crippen LogP contribution in [0.1, 0.15) is 45.0 Å². The lowest BCUT2D eigenvalue weighted by Crippen LogP contribution is -1.96. The van der Waals surface area contributed by atoms with E-state index in [9.17, 15) is 0 Å². The lowest BCUT2D eigenvalue weighted by Gasteiger charge is -2.09. The summed E-state index contributed by atoms with van der Waals surface area (Å²) in [4.78, 5) is 29.0. The maximum absolute atomic E-state index is 4.85. The van der Waals surface area contributed by atoms with E-state index in [1.54, 1.807) is 0 Å². The van der Waals surface area contributed by atoms with Gasteiger partial charge in [0.2, 0.25) is 0 Å². The Labute approximate surface area is 281 Å². The number of fused-ring (bicyclic) bond motifs is 8. The highest BCUT2D eigenvalue weighted by Crippen LogP contribution is 2.26. The van der Waals surface area contributed by atoms with Crippen LogP contribution in [-0.2, 0) is 25.7 Å². The van der Waals surface area contributed by atoms with Gasteiger partial charge < -0.3 is 0 Å². The smallest absolute Gasteiger partial charge is 0.0820 e. The van der Waals surface area contributed by atoms with Crippen molar-refractivity contribution in [3.05, 3.63) is 178 Å². The van der Waals surface area contributed by atoms with Crippen molar-refractivity contribution in [2.24, 2.45) is 20.0 Å². The van der Waals surface area contributed by atoms with Crippen molar-refractivity contribution in [3.8, 4) is 0 Å². The predicted octanol–water partition coefficient (Wildman–Crippen LogP) is 9.36. The number of aliphatic imine (C=N–C) groups is 4. The van der Waals surface area contributed by atoms with Gasteiger partial charge in [0.15, 0.2) is 0 Å². The third kappa shape index (κ3) is 7.80. The lowest BCUT2D eigenvalue weighted by atomic mass is 10.0. The van der Waals surface area contributed by atoms with Crippen LogP contribution in [0, 0.1) is 0 Å². The van der Waals surface area contributed by atoms with Crippen molar-refractivity contribution in [1.82, 2.24) is 9.97 Å². The molecule has 6 nitrogen and oxygen atoms in total. The van der Waals surface area contributed by atoms with E-state index < -0.39 is 0 Å². The molecule has 0 spiro atoms. The SMILES string of the molecule is C1=Nc2ccccc2CCc2ccccc2N=Cc2cccc(n2)C=Nc2ccccc2CCc2ccccc2N=Cc2cccc1n2. The number of hydrogen-bond donors (Lipinski definition) is 0. The number of aryl methyl sites for hydroxylation is 4. The van der Waals surface area contributed by atoms with Crippen LogP contribution in [0.4, 0.5) is 22.7 Å². The van der Waals surface area contributed by atoms with Crippen molar-refractivity contribution in [2.45, 2.75) is 25.7 Å². The number of benzene rings is 4. The van der Waals surface area contributed by atoms with Crippen LogP contribution in [0.5, 0.6) is 0 Å². The fraction of sp³-hybridized carbons (Fsp3) is 0.0952. The van der Waals surface area contributed by atoms with Gasteiger partial charge >= 0.3 is 0 Å². The average Bonchev–Trinajstić information content (AvgIpc) is 3.14. The molecular weight excluding hydrogens is 589 g/mol. The van der Waals surface area contributed by atoms with Crippen LogP contribution in [-0.4, -0.2) is 34.8 Å². The molecule has 0 saturated carbocycles. The largest absolute Gasteiger partial charge is 0.254 e. The summed E-state index contributed by atoms with van der Waals surface area (Å²) < 4.78 is 0. The Kier molecular flexibility index (Phi) is 9.51. The fourth-order valence-corrected chi connectivity index (χ4v) is 5.70. The Morgan fingerprint density at radius 3 is 0.792 bits per heavy atom. The Balaban J connectivity index is 1.26. The van der Waals surface area contributed by atoms with Gasteiger partial charge in [0.05, 0.1) is 70.4 Å². The van der Waals surface area contributed by atoms with Crippen molar-refractivity contribution in [3.63, 3.8) is 0 Å². The van der Waals surface area contributed by atoms with E-state index in [0.29, 0.717) is 0 Å². The second-order valence-electron chi connectivity index (χ2n) is 11.5. The quantitative estimate of drug-likeness (QED) is 0.169. The number of nitrogens with zero attached hydrogens (tertiary/aromatic N) is 6. The highest BCUT2D eigenvalue weighted by molar-refractivity contribution is 5.85. The van der Waals surface area contributed by atoms with Crippen molar-refractivity contribution in [2.75, 3.05) is 0 Å². The van der Waals surface area contributed by atoms with Gasteiger partial charge in [-0.25, -0.2) is 9.97 Å². The molecule has 0 radical (unpaired) electrons. The van der Waals surface area contributed by atoms with Crippen molar-refractivity contribution in [1.29, 1.82) is 0 Å². The van der Waals surface area contributed by atoms with Crippen molar-refractivity contribution >= 4 is 47.6 Å². The summed E-state index contributed by atoms with van der Waals surface area (Å²) in [5.41, 5.74) is 11.5. The summed E-state index contributed by atoms with van der Waals surface area (Å²) in [7, 11) is 0. The Morgan fingerprint density at radius 1 is 0.271 bits per heavy atom. The van der Waals surface area contributed by atoms with Gasteiger partial charge in [-0.2, -0.15) is 0 Å². The van der Waals surface area contributed by atoms with E-state index in [2.05, 4.69) is 48.5 Å². The predicted molar refractivity (Wildman–Crippen MR) is 198 cm³/mol. The molecule has 6 heteroatoms. The molecule has 6 aromatic rings. The summed E-state index contributed by atoms with van der Waals surface area (Å²) in [6, 6.07) is 44.9. The van der Waals surface area contributed by atoms with E-state index in [0.717, 1.165) is 71.2 Å². The summed E-state index contributed by atoms with van der Waals surface area (Å²) in [6.45, 7) is 0. The van der Waals surface area contributed by atoms with E-state index in [1.807, 2.05) is 110 Å². The molecule has 0 saturated heterocycles. The molecule has 48 heavy (non-hydrogen) atoms. The molecule has 1 aliphatic heterocycles. The maximum Gasteiger partial charge on any atom is 0.0820 e. The number of hydrogen-bond acceptors (Lipinski definition) is 6. The monoisotopic (exact) mass is 622 g/mol. The van der Waals surface area contributed by atoms with Crippen LogP contribution in [0.15, 0.2) is 153 Å². The first kappa shape index (κ1) is 30.5. The van der Waals surface area contributed by atoms with Crippen LogP contribution < -0.4 is 0 Å². The highest BCUT2D eigenvalue weighted by Gasteiger charge is 2.07. The van der Waals surface area contributed by atoms with Crippen LogP contribution >= 0.6 is 0 Å². The molecule has 0 aliphatic carbocycles. The third-order valence-corrected chi connectivity index (χ3v) is 8.22. The van der Waals surface area contributed by atoms with Gasteiger partial charge in [-0.3, -0.25) is 20.0 Å². The van der Waals surface area contributed by atoms with E-state index in [4.69, 9.17) is 29.9 Å². The van der Waals surface area contributed by atoms with Gasteiger partial charge in [-0.15, -0.1) is 0 Å². The first-order chi connectivity index (χ1) is 23.8. The molecule has 7 rings (SSSR count). The molecule has 0 fully saturated rings. The molecule has 1 aliphatic rings. The van der Waals surface area contributed by atoms with Crippen LogP contribution in [0.2, 0.25) is 0 Å². The summed E-state index contributed by atoms with van der Waals surface area (Å²) in [6.07, 6.45) is 10.6. The molecule has 4 aromatic carbocycles. The first-order valence-corrected chi connectivity index (χ1v) is 16.2. The minimum atomic E-state index is 0.776. The Morgan fingerprint density at radius 2 is 0.521 bits per heavy atom. The molecule has 2 aromatic heterocycles. The van der Waals surface area contributed by atoms with Crippen LogP contribution in [0.3, 0.4) is 0 Å². The Hall–Kier alpha value is -6.14. The van der Waals surface area contributed by atoms with E-state index >= 15 is 0 Å². The van der Waals surface area contributed by atoms with E-state index in [-0.39, 0.29) is 0 Å². The van der Waals surface area contributed by atoms with Crippen molar-refractivity contribution < 1.29 is 0 Å².